The van der Waals surface area contributed by atoms with Gasteiger partial charge >= 0.3 is 0 Å². The van der Waals surface area contributed by atoms with E-state index in [4.69, 9.17) is 9.26 Å². The summed E-state index contributed by atoms with van der Waals surface area (Å²) in [5.74, 6) is 0.637. The molecule has 0 spiro atoms. The topological polar surface area (TPSA) is 64.4 Å². The maximum Gasteiger partial charge on any atom is 0.257 e. The van der Waals surface area contributed by atoms with Crippen LogP contribution in [0.3, 0.4) is 0 Å². The van der Waals surface area contributed by atoms with E-state index in [0.29, 0.717) is 29.1 Å². The maximum absolute atomic E-state index is 13.1. The lowest BCUT2D eigenvalue weighted by Gasteiger charge is -2.12. The molecular formula is C20H17FN2O3. The van der Waals surface area contributed by atoms with Crippen molar-refractivity contribution in [2.45, 2.75) is 19.4 Å². The summed E-state index contributed by atoms with van der Waals surface area (Å²) >= 11 is 0. The molecule has 1 atom stereocenters. The van der Waals surface area contributed by atoms with Gasteiger partial charge in [-0.3, -0.25) is 4.79 Å². The summed E-state index contributed by atoms with van der Waals surface area (Å²) in [7, 11) is 0. The molecule has 1 aromatic heterocycles. The van der Waals surface area contributed by atoms with Gasteiger partial charge in [0.05, 0.1) is 6.54 Å². The molecule has 3 aromatic rings. The van der Waals surface area contributed by atoms with E-state index in [9.17, 15) is 9.18 Å². The Morgan fingerprint density at radius 3 is 2.77 bits per heavy atom. The van der Waals surface area contributed by atoms with Crippen molar-refractivity contribution in [1.29, 1.82) is 0 Å². The zero-order valence-electron chi connectivity index (χ0n) is 14.2. The van der Waals surface area contributed by atoms with Gasteiger partial charge in [0.1, 0.15) is 34.7 Å². The number of fused-ring (bicyclic) bond motifs is 1. The zero-order chi connectivity index (χ0) is 18.1. The van der Waals surface area contributed by atoms with Crippen molar-refractivity contribution in [2.75, 3.05) is 6.54 Å². The standard InChI is InChI=1S/C20H17FN2O3/c1-12-18(19(23-26-12)13-6-8-15(21)9-7-13)20(24)22-11-16-10-14-4-2-3-5-17(14)25-16/h2-9,16H,10-11H2,1H3,(H,22,24)/t16-/m0/s1. The van der Waals surface area contributed by atoms with Gasteiger partial charge in [0.2, 0.25) is 0 Å². The lowest BCUT2D eigenvalue weighted by Crippen LogP contribution is -2.34. The Bertz CT molecular complexity index is 925. The molecule has 1 aliphatic rings. The molecule has 0 radical (unpaired) electrons. The second kappa shape index (κ2) is 6.63. The smallest absolute Gasteiger partial charge is 0.257 e. The van der Waals surface area contributed by atoms with E-state index < -0.39 is 0 Å². The molecule has 0 unspecified atom stereocenters. The molecule has 132 valence electrons. The molecule has 0 bridgehead atoms. The van der Waals surface area contributed by atoms with E-state index in [1.165, 1.54) is 12.1 Å². The number of hydrogen-bond donors (Lipinski definition) is 1. The summed E-state index contributed by atoms with van der Waals surface area (Å²) in [5, 5.41) is 6.85. The minimum absolute atomic E-state index is 0.106. The van der Waals surface area contributed by atoms with E-state index in [2.05, 4.69) is 10.5 Å². The number of aryl methyl sites for hydroxylation is 1. The molecule has 1 amide bonds. The third-order valence-corrected chi connectivity index (χ3v) is 4.41. The number of amides is 1. The number of nitrogens with one attached hydrogen (secondary N) is 1. The van der Waals surface area contributed by atoms with Gasteiger partial charge in [-0.1, -0.05) is 23.4 Å². The predicted molar refractivity (Wildman–Crippen MR) is 93.5 cm³/mol. The molecule has 0 saturated carbocycles. The number of ether oxygens (including phenoxy) is 1. The number of carbonyl (C=O) groups excluding carboxylic acids is 1. The summed E-state index contributed by atoms with van der Waals surface area (Å²) in [6.07, 6.45) is 0.648. The third kappa shape index (κ3) is 3.06. The van der Waals surface area contributed by atoms with Crippen LogP contribution in [0.4, 0.5) is 4.39 Å². The van der Waals surface area contributed by atoms with Gasteiger partial charge in [-0.05, 0) is 42.8 Å². The first-order valence-electron chi connectivity index (χ1n) is 8.37. The molecule has 4 rings (SSSR count). The van der Waals surface area contributed by atoms with Crippen LogP contribution in [0.1, 0.15) is 21.7 Å². The minimum atomic E-state index is -0.349. The van der Waals surface area contributed by atoms with E-state index in [0.717, 1.165) is 17.7 Å². The summed E-state index contributed by atoms with van der Waals surface area (Å²) < 4.78 is 24.2. The van der Waals surface area contributed by atoms with Crippen LogP contribution in [0.2, 0.25) is 0 Å². The predicted octanol–water partition coefficient (Wildman–Crippen LogP) is 3.52. The van der Waals surface area contributed by atoms with Crippen LogP contribution in [0.25, 0.3) is 11.3 Å². The van der Waals surface area contributed by atoms with Crippen molar-refractivity contribution in [3.63, 3.8) is 0 Å². The Kier molecular flexibility index (Phi) is 4.16. The average Bonchev–Trinajstić information content (AvgIpc) is 3.23. The largest absolute Gasteiger partial charge is 0.488 e. The van der Waals surface area contributed by atoms with Gasteiger partial charge in [0.15, 0.2) is 0 Å². The highest BCUT2D eigenvalue weighted by atomic mass is 19.1. The van der Waals surface area contributed by atoms with Crippen molar-refractivity contribution in [1.82, 2.24) is 10.5 Å². The first kappa shape index (κ1) is 16.3. The lowest BCUT2D eigenvalue weighted by molar-refractivity contribution is 0.0932. The molecule has 0 aliphatic carbocycles. The van der Waals surface area contributed by atoms with Gasteiger partial charge < -0.3 is 14.6 Å². The molecule has 0 fully saturated rings. The Labute approximate surface area is 149 Å². The number of para-hydroxylation sites is 1. The fraction of sp³-hybridized carbons (Fsp3) is 0.200. The van der Waals surface area contributed by atoms with E-state index in [1.807, 2.05) is 24.3 Å². The molecule has 5 nitrogen and oxygen atoms in total. The van der Waals surface area contributed by atoms with Crippen molar-refractivity contribution in [3.05, 3.63) is 71.2 Å². The van der Waals surface area contributed by atoms with Crippen LogP contribution < -0.4 is 10.1 Å². The number of aromatic nitrogens is 1. The van der Waals surface area contributed by atoms with Gasteiger partial charge in [-0.25, -0.2) is 4.39 Å². The van der Waals surface area contributed by atoms with Crippen molar-refractivity contribution < 1.29 is 18.4 Å². The van der Waals surface area contributed by atoms with Crippen molar-refractivity contribution in [2.24, 2.45) is 0 Å². The van der Waals surface area contributed by atoms with Crippen LogP contribution in [-0.2, 0) is 6.42 Å². The van der Waals surface area contributed by atoms with Gasteiger partial charge in [0.25, 0.3) is 5.91 Å². The van der Waals surface area contributed by atoms with Crippen LogP contribution in [0.15, 0.2) is 53.1 Å². The molecular weight excluding hydrogens is 335 g/mol. The molecule has 26 heavy (non-hydrogen) atoms. The number of benzene rings is 2. The molecule has 6 heteroatoms. The third-order valence-electron chi connectivity index (χ3n) is 4.41. The average molecular weight is 352 g/mol. The summed E-state index contributed by atoms with van der Waals surface area (Å²) in [4.78, 5) is 12.7. The van der Waals surface area contributed by atoms with E-state index in [-0.39, 0.29) is 17.8 Å². The Hall–Kier alpha value is -3.15. The van der Waals surface area contributed by atoms with Crippen LogP contribution in [-0.4, -0.2) is 23.7 Å². The highest BCUT2D eigenvalue weighted by Crippen LogP contribution is 2.28. The summed E-state index contributed by atoms with van der Waals surface area (Å²) in [5.41, 5.74) is 2.51. The molecule has 2 heterocycles. The molecule has 1 aliphatic heterocycles. The number of hydrogen-bond acceptors (Lipinski definition) is 4. The first-order valence-corrected chi connectivity index (χ1v) is 8.37. The maximum atomic E-state index is 13.1. The minimum Gasteiger partial charge on any atom is -0.488 e. The quantitative estimate of drug-likeness (QED) is 0.780. The van der Waals surface area contributed by atoms with E-state index >= 15 is 0 Å². The van der Waals surface area contributed by atoms with Crippen LogP contribution in [0, 0.1) is 12.7 Å². The monoisotopic (exact) mass is 352 g/mol. The summed E-state index contributed by atoms with van der Waals surface area (Å²) in [6.45, 7) is 2.05. The highest BCUT2D eigenvalue weighted by molar-refractivity contribution is 6.00. The highest BCUT2D eigenvalue weighted by Gasteiger charge is 2.25. The van der Waals surface area contributed by atoms with Crippen molar-refractivity contribution in [3.8, 4) is 17.0 Å². The number of rotatable bonds is 4. The zero-order valence-corrected chi connectivity index (χ0v) is 14.2. The second-order valence-electron chi connectivity index (χ2n) is 6.23. The Morgan fingerprint density at radius 1 is 1.23 bits per heavy atom. The van der Waals surface area contributed by atoms with E-state index in [1.54, 1.807) is 19.1 Å². The van der Waals surface area contributed by atoms with Gasteiger partial charge in [-0.15, -0.1) is 0 Å². The fourth-order valence-electron chi connectivity index (χ4n) is 3.11. The normalized spacial score (nSPS) is 15.4. The summed E-state index contributed by atoms with van der Waals surface area (Å²) in [6, 6.07) is 13.6. The van der Waals surface area contributed by atoms with Crippen LogP contribution >= 0.6 is 0 Å². The second-order valence-corrected chi connectivity index (χ2v) is 6.23. The first-order chi connectivity index (χ1) is 12.6. The Balaban J connectivity index is 1.47. The van der Waals surface area contributed by atoms with Crippen molar-refractivity contribution >= 4 is 5.91 Å². The molecule has 0 saturated heterocycles. The Morgan fingerprint density at radius 2 is 2.00 bits per heavy atom. The SMILES string of the molecule is Cc1onc(-c2ccc(F)cc2)c1C(=O)NC[C@@H]1Cc2ccccc2O1. The van der Waals surface area contributed by atoms with Gasteiger partial charge in [-0.2, -0.15) is 0 Å². The molecule has 2 aromatic carbocycles. The number of carbonyl (C=O) groups is 1. The molecule has 1 N–H and O–H groups in total. The number of halogens is 1. The lowest BCUT2D eigenvalue weighted by atomic mass is 10.1. The number of nitrogens with zero attached hydrogens (tertiary/aromatic N) is 1. The van der Waals surface area contributed by atoms with Gasteiger partial charge in [0, 0.05) is 12.0 Å². The van der Waals surface area contributed by atoms with Crippen LogP contribution in [0.5, 0.6) is 5.75 Å². The fourth-order valence-corrected chi connectivity index (χ4v) is 3.11.